The van der Waals surface area contributed by atoms with Crippen LogP contribution in [0.25, 0.3) is 0 Å². The van der Waals surface area contributed by atoms with Gasteiger partial charge in [-0.2, -0.15) is 0 Å². The lowest BCUT2D eigenvalue weighted by Gasteiger charge is -2.21. The zero-order valence-electron chi connectivity index (χ0n) is 14.3. The highest BCUT2D eigenvalue weighted by Gasteiger charge is 2.41. The van der Waals surface area contributed by atoms with Crippen molar-refractivity contribution in [3.05, 3.63) is 59.7 Å². The summed E-state index contributed by atoms with van der Waals surface area (Å²) in [6, 6.07) is 10.6. The number of ether oxygens (including phenoxy) is 2. The number of esters is 2. The van der Waals surface area contributed by atoms with Crippen LogP contribution in [-0.4, -0.2) is 46.3 Å². The average Bonchev–Trinajstić information content (AvgIpc) is 2.64. The minimum absolute atomic E-state index is 0.0607. The second-order valence-corrected chi connectivity index (χ2v) is 5.57. The Morgan fingerprint density at radius 2 is 0.929 bits per heavy atom. The van der Waals surface area contributed by atoms with E-state index in [0.717, 1.165) is 0 Å². The summed E-state index contributed by atoms with van der Waals surface area (Å²) < 4.78 is 9.52. The van der Waals surface area contributed by atoms with Crippen molar-refractivity contribution in [3.8, 4) is 0 Å². The molecular formula is C18H16N2O8. The van der Waals surface area contributed by atoms with E-state index in [9.17, 15) is 29.4 Å². The maximum atomic E-state index is 12.1. The van der Waals surface area contributed by atoms with Gasteiger partial charge in [0.25, 0.3) is 0 Å². The molecule has 0 saturated heterocycles. The van der Waals surface area contributed by atoms with Crippen LogP contribution in [0.5, 0.6) is 0 Å². The molecule has 2 atom stereocenters. The summed E-state index contributed by atoms with van der Waals surface area (Å²) in [7, 11) is 0. The lowest BCUT2D eigenvalue weighted by molar-refractivity contribution is -0.166. The third kappa shape index (κ3) is 4.97. The highest BCUT2D eigenvalue weighted by Crippen LogP contribution is 2.15. The summed E-state index contributed by atoms with van der Waals surface area (Å²) in [4.78, 5) is 47.2. The molecule has 6 N–H and O–H groups in total. The smallest absolute Gasteiger partial charge is 0.349 e. The number of nitrogen functional groups attached to an aromatic ring is 2. The minimum Gasteiger partial charge on any atom is -0.478 e. The molecule has 146 valence electrons. The molecule has 0 aliphatic heterocycles. The summed E-state index contributed by atoms with van der Waals surface area (Å²) in [5, 5.41) is 18.6. The van der Waals surface area contributed by atoms with Crippen LogP contribution in [0.15, 0.2) is 48.5 Å². The molecular weight excluding hydrogens is 372 g/mol. The third-order valence-corrected chi connectivity index (χ3v) is 3.52. The molecule has 0 aromatic heterocycles. The Morgan fingerprint density at radius 3 is 1.18 bits per heavy atom. The van der Waals surface area contributed by atoms with Crippen LogP contribution >= 0.6 is 0 Å². The summed E-state index contributed by atoms with van der Waals surface area (Å²) in [5.74, 6) is -5.85. The standard InChI is InChI=1S/C18H16N2O8/c19-11-5-1-9(2-6-11)17(25)27-13(15(21)22)14(16(23)24)28-18(26)10-3-7-12(20)8-4-10/h1-8,13-14H,19-20H2,(H,21,22)(H,23,24). The lowest BCUT2D eigenvalue weighted by atomic mass is 10.1. The topological polar surface area (TPSA) is 179 Å². The van der Waals surface area contributed by atoms with Gasteiger partial charge in [0.1, 0.15) is 0 Å². The van der Waals surface area contributed by atoms with Crippen molar-refractivity contribution in [1.82, 2.24) is 0 Å². The number of carboxylic acids is 2. The minimum atomic E-state index is -2.28. The average molecular weight is 388 g/mol. The molecule has 2 aromatic rings. The zero-order chi connectivity index (χ0) is 20.8. The monoisotopic (exact) mass is 388 g/mol. The molecule has 2 aromatic carbocycles. The molecule has 0 heterocycles. The van der Waals surface area contributed by atoms with E-state index in [2.05, 4.69) is 0 Å². The number of carboxylic acid groups (broad SMARTS) is 2. The summed E-state index contributed by atoms with van der Waals surface area (Å²) >= 11 is 0. The van der Waals surface area contributed by atoms with Gasteiger partial charge >= 0.3 is 23.9 Å². The number of carbonyl (C=O) groups excluding carboxylic acids is 2. The van der Waals surface area contributed by atoms with Crippen LogP contribution in [0.1, 0.15) is 20.7 Å². The highest BCUT2D eigenvalue weighted by molar-refractivity contribution is 5.95. The highest BCUT2D eigenvalue weighted by atomic mass is 16.6. The van der Waals surface area contributed by atoms with E-state index in [-0.39, 0.29) is 11.1 Å². The van der Waals surface area contributed by atoms with Gasteiger partial charge in [0.15, 0.2) is 0 Å². The second-order valence-electron chi connectivity index (χ2n) is 5.57. The Labute approximate surface area is 158 Å². The van der Waals surface area contributed by atoms with Gasteiger partial charge in [-0.1, -0.05) is 0 Å². The van der Waals surface area contributed by atoms with Crippen LogP contribution in [0, 0.1) is 0 Å². The SMILES string of the molecule is Nc1ccc(C(=O)OC(C(=O)O)C(OC(=O)c2ccc(N)cc2)C(=O)O)cc1. The fourth-order valence-corrected chi connectivity index (χ4v) is 2.09. The van der Waals surface area contributed by atoms with E-state index < -0.39 is 36.1 Å². The first-order valence-electron chi connectivity index (χ1n) is 7.77. The van der Waals surface area contributed by atoms with E-state index in [1.165, 1.54) is 48.5 Å². The number of hydrogen-bond acceptors (Lipinski definition) is 8. The van der Waals surface area contributed by atoms with Gasteiger partial charge < -0.3 is 31.2 Å². The van der Waals surface area contributed by atoms with Crippen molar-refractivity contribution in [2.75, 3.05) is 11.5 Å². The number of benzene rings is 2. The van der Waals surface area contributed by atoms with Gasteiger partial charge in [0, 0.05) is 11.4 Å². The molecule has 0 aliphatic rings. The van der Waals surface area contributed by atoms with Gasteiger partial charge in [-0.05, 0) is 48.5 Å². The molecule has 28 heavy (non-hydrogen) atoms. The number of anilines is 2. The molecule has 0 fully saturated rings. The maximum absolute atomic E-state index is 12.1. The molecule has 0 radical (unpaired) electrons. The quantitative estimate of drug-likeness (QED) is 0.391. The molecule has 0 spiro atoms. The Morgan fingerprint density at radius 1 is 0.643 bits per heavy atom. The number of nitrogens with two attached hydrogens (primary N) is 2. The normalized spacial score (nSPS) is 12.4. The fraction of sp³-hybridized carbons (Fsp3) is 0.111. The Hall–Kier alpha value is -4.08. The molecule has 2 unspecified atom stereocenters. The largest absolute Gasteiger partial charge is 0.478 e. The van der Waals surface area contributed by atoms with Crippen molar-refractivity contribution in [2.24, 2.45) is 0 Å². The van der Waals surface area contributed by atoms with Gasteiger partial charge in [0.05, 0.1) is 11.1 Å². The van der Waals surface area contributed by atoms with Crippen molar-refractivity contribution < 1.29 is 38.9 Å². The zero-order valence-corrected chi connectivity index (χ0v) is 14.3. The van der Waals surface area contributed by atoms with Crippen molar-refractivity contribution >= 4 is 35.3 Å². The van der Waals surface area contributed by atoms with Crippen LogP contribution in [0.4, 0.5) is 11.4 Å². The molecule has 0 bridgehead atoms. The predicted molar refractivity (Wildman–Crippen MR) is 95.4 cm³/mol. The number of rotatable bonds is 7. The van der Waals surface area contributed by atoms with Crippen LogP contribution in [0.3, 0.4) is 0 Å². The molecule has 0 saturated carbocycles. The van der Waals surface area contributed by atoms with Crippen molar-refractivity contribution in [2.45, 2.75) is 12.2 Å². The Kier molecular flexibility index (Phi) is 6.17. The fourth-order valence-electron chi connectivity index (χ4n) is 2.09. The van der Waals surface area contributed by atoms with Gasteiger partial charge in [0.2, 0.25) is 12.2 Å². The third-order valence-electron chi connectivity index (χ3n) is 3.52. The summed E-state index contributed by atoms with van der Waals surface area (Å²) in [6.45, 7) is 0. The first-order valence-corrected chi connectivity index (χ1v) is 7.77. The van der Waals surface area contributed by atoms with Crippen LogP contribution in [0.2, 0.25) is 0 Å². The van der Waals surface area contributed by atoms with E-state index in [0.29, 0.717) is 11.4 Å². The van der Waals surface area contributed by atoms with Crippen molar-refractivity contribution in [3.63, 3.8) is 0 Å². The molecule has 0 aliphatic carbocycles. The number of carbonyl (C=O) groups is 4. The first kappa shape index (κ1) is 20.2. The first-order chi connectivity index (χ1) is 13.2. The summed E-state index contributed by atoms with van der Waals surface area (Å²) in [5.41, 5.74) is 11.6. The van der Waals surface area contributed by atoms with Crippen molar-refractivity contribution in [1.29, 1.82) is 0 Å². The van der Waals surface area contributed by atoms with E-state index >= 15 is 0 Å². The maximum Gasteiger partial charge on any atom is 0.349 e. The summed E-state index contributed by atoms with van der Waals surface area (Å²) in [6.07, 6.45) is -4.56. The van der Waals surface area contributed by atoms with Crippen LogP contribution in [-0.2, 0) is 19.1 Å². The van der Waals surface area contributed by atoms with E-state index in [1.807, 2.05) is 0 Å². The van der Waals surface area contributed by atoms with E-state index in [1.54, 1.807) is 0 Å². The Balaban J connectivity index is 2.21. The van der Waals surface area contributed by atoms with Gasteiger partial charge in [-0.15, -0.1) is 0 Å². The lowest BCUT2D eigenvalue weighted by Crippen LogP contribution is -2.45. The molecule has 0 amide bonds. The second kappa shape index (κ2) is 8.54. The van der Waals surface area contributed by atoms with Crippen LogP contribution < -0.4 is 11.5 Å². The molecule has 2 rings (SSSR count). The molecule has 10 heteroatoms. The Bertz CT molecular complexity index is 817. The predicted octanol–water partition coefficient (Wildman–Crippen LogP) is 0.771. The number of aliphatic carboxylic acids is 2. The van der Waals surface area contributed by atoms with E-state index in [4.69, 9.17) is 20.9 Å². The van der Waals surface area contributed by atoms with Gasteiger partial charge in [-0.3, -0.25) is 0 Å². The molecule has 10 nitrogen and oxygen atoms in total. The van der Waals surface area contributed by atoms with Gasteiger partial charge in [-0.25, -0.2) is 19.2 Å². The number of hydrogen-bond donors (Lipinski definition) is 4.